The number of hydrogen-bond acceptors (Lipinski definition) is 1. The van der Waals surface area contributed by atoms with E-state index < -0.39 is 0 Å². The SMILES string of the molecule is Cc1cc2c3ccccc3n3c4cc(C5CCCC5)cc5nc[n+](C)c(c(c1C)c23)c54. The highest BCUT2D eigenvalue weighted by Crippen LogP contribution is 2.43. The summed E-state index contributed by atoms with van der Waals surface area (Å²) < 4.78 is 4.76. The van der Waals surface area contributed by atoms with Crippen LogP contribution in [0, 0.1) is 13.8 Å². The lowest BCUT2D eigenvalue weighted by Crippen LogP contribution is -2.30. The predicted molar refractivity (Wildman–Crippen MR) is 128 cm³/mol. The Labute approximate surface area is 181 Å². The van der Waals surface area contributed by atoms with Crippen LogP contribution in [0.4, 0.5) is 0 Å². The molecule has 0 aliphatic heterocycles. The van der Waals surface area contributed by atoms with Crippen molar-refractivity contribution in [3.8, 4) is 0 Å². The maximum atomic E-state index is 4.92. The summed E-state index contributed by atoms with van der Waals surface area (Å²) in [4.78, 5) is 4.92. The van der Waals surface area contributed by atoms with Crippen molar-refractivity contribution in [3.63, 3.8) is 0 Å². The van der Waals surface area contributed by atoms with E-state index in [1.165, 1.54) is 86.0 Å². The van der Waals surface area contributed by atoms with Crippen LogP contribution in [0.15, 0.2) is 48.8 Å². The molecule has 0 radical (unpaired) electrons. The predicted octanol–water partition coefficient (Wildman–Crippen LogP) is 6.48. The van der Waals surface area contributed by atoms with Crippen LogP contribution in [0.5, 0.6) is 0 Å². The highest BCUT2D eigenvalue weighted by atomic mass is 15.0. The second-order valence-electron chi connectivity index (χ2n) is 9.56. The fourth-order valence-corrected chi connectivity index (χ4v) is 6.23. The molecule has 1 saturated carbocycles. The van der Waals surface area contributed by atoms with E-state index in [0.29, 0.717) is 5.92 Å². The molecule has 0 bridgehead atoms. The van der Waals surface area contributed by atoms with Crippen molar-refractivity contribution in [2.75, 3.05) is 0 Å². The molecule has 31 heavy (non-hydrogen) atoms. The average molecular weight is 405 g/mol. The summed E-state index contributed by atoms with van der Waals surface area (Å²) in [7, 11) is 2.14. The zero-order valence-corrected chi connectivity index (χ0v) is 18.4. The van der Waals surface area contributed by atoms with Crippen LogP contribution in [-0.2, 0) is 7.05 Å². The normalized spacial score (nSPS) is 15.6. The van der Waals surface area contributed by atoms with E-state index in [2.05, 4.69) is 72.3 Å². The van der Waals surface area contributed by atoms with Gasteiger partial charge in [-0.1, -0.05) is 31.0 Å². The quantitative estimate of drug-likeness (QED) is 0.174. The lowest BCUT2D eigenvalue weighted by molar-refractivity contribution is -0.646. The Bertz CT molecular complexity index is 1670. The third-order valence-electron chi connectivity index (χ3n) is 7.86. The molecule has 6 aromatic rings. The van der Waals surface area contributed by atoms with Gasteiger partial charge in [0.2, 0.25) is 0 Å². The van der Waals surface area contributed by atoms with Crippen LogP contribution >= 0.6 is 0 Å². The molecule has 0 saturated heterocycles. The summed E-state index contributed by atoms with van der Waals surface area (Å²) in [5, 5.41) is 5.35. The Kier molecular flexibility index (Phi) is 3.35. The molecular formula is C28H26N3+. The van der Waals surface area contributed by atoms with Gasteiger partial charge in [-0.05, 0) is 78.5 Å². The number of para-hydroxylation sites is 1. The van der Waals surface area contributed by atoms with E-state index in [1.807, 2.05) is 6.33 Å². The van der Waals surface area contributed by atoms with Crippen LogP contribution in [0.25, 0.3) is 49.1 Å². The number of aryl methyl sites for hydroxylation is 3. The van der Waals surface area contributed by atoms with Crippen molar-refractivity contribution in [1.82, 2.24) is 9.38 Å². The summed E-state index contributed by atoms with van der Waals surface area (Å²) in [6.07, 6.45) is 7.30. The largest absolute Gasteiger partial charge is 0.308 e. The molecule has 3 heteroatoms. The van der Waals surface area contributed by atoms with E-state index in [4.69, 9.17) is 4.98 Å². The maximum Gasteiger partial charge on any atom is 0.287 e. The lowest BCUT2D eigenvalue weighted by atomic mass is 9.93. The van der Waals surface area contributed by atoms with Gasteiger partial charge in [-0.25, -0.2) is 4.57 Å². The Balaban J connectivity index is 1.84. The van der Waals surface area contributed by atoms with Gasteiger partial charge >= 0.3 is 0 Å². The summed E-state index contributed by atoms with van der Waals surface area (Å²) in [5.41, 5.74) is 10.6. The lowest BCUT2D eigenvalue weighted by Gasteiger charge is -2.16. The van der Waals surface area contributed by atoms with Crippen molar-refractivity contribution in [1.29, 1.82) is 0 Å². The number of nitrogens with zero attached hydrogens (tertiary/aromatic N) is 3. The van der Waals surface area contributed by atoms with E-state index in [1.54, 1.807) is 0 Å². The van der Waals surface area contributed by atoms with Gasteiger partial charge < -0.3 is 4.40 Å². The molecule has 0 atom stereocenters. The first kappa shape index (κ1) is 17.5. The Hall–Kier alpha value is -3.20. The van der Waals surface area contributed by atoms with Gasteiger partial charge in [-0.2, -0.15) is 0 Å². The minimum Gasteiger partial charge on any atom is -0.308 e. The number of rotatable bonds is 1. The highest BCUT2D eigenvalue weighted by Gasteiger charge is 2.26. The molecule has 1 aliphatic carbocycles. The first-order chi connectivity index (χ1) is 15.1. The van der Waals surface area contributed by atoms with Gasteiger partial charge in [0.25, 0.3) is 6.33 Å². The summed E-state index contributed by atoms with van der Waals surface area (Å²) >= 11 is 0. The molecule has 1 fully saturated rings. The minimum absolute atomic E-state index is 0.665. The van der Waals surface area contributed by atoms with Crippen LogP contribution in [0.2, 0.25) is 0 Å². The number of pyridine rings is 1. The molecule has 0 unspecified atom stereocenters. The van der Waals surface area contributed by atoms with E-state index in [0.717, 1.165) is 5.52 Å². The fourth-order valence-electron chi connectivity index (χ4n) is 6.23. The average Bonchev–Trinajstić information content (AvgIpc) is 3.42. The monoisotopic (exact) mass is 404 g/mol. The fraction of sp³-hybridized carbons (Fsp3) is 0.286. The number of aromatic nitrogens is 3. The first-order valence-corrected chi connectivity index (χ1v) is 11.5. The van der Waals surface area contributed by atoms with Gasteiger partial charge in [-0.3, -0.25) is 0 Å². The van der Waals surface area contributed by atoms with Gasteiger partial charge in [0.15, 0.2) is 5.52 Å². The van der Waals surface area contributed by atoms with Crippen molar-refractivity contribution < 1.29 is 4.57 Å². The van der Waals surface area contributed by atoms with E-state index >= 15 is 0 Å². The molecule has 1 aliphatic rings. The molecule has 152 valence electrons. The molecule has 0 spiro atoms. The summed E-state index contributed by atoms with van der Waals surface area (Å²) in [6.45, 7) is 4.52. The zero-order chi connectivity index (χ0) is 20.9. The van der Waals surface area contributed by atoms with Gasteiger partial charge in [0.05, 0.1) is 34.4 Å². The van der Waals surface area contributed by atoms with Crippen molar-refractivity contribution in [2.24, 2.45) is 7.05 Å². The van der Waals surface area contributed by atoms with Gasteiger partial charge in [-0.15, -0.1) is 0 Å². The molecular weight excluding hydrogens is 378 g/mol. The first-order valence-electron chi connectivity index (χ1n) is 11.5. The third-order valence-corrected chi connectivity index (χ3v) is 7.86. The molecule has 7 rings (SSSR count). The van der Waals surface area contributed by atoms with E-state index in [-0.39, 0.29) is 0 Å². The molecule has 3 aromatic heterocycles. The third kappa shape index (κ3) is 2.14. The van der Waals surface area contributed by atoms with Crippen LogP contribution in [0.1, 0.15) is 48.3 Å². The summed E-state index contributed by atoms with van der Waals surface area (Å²) in [5.74, 6) is 0.665. The second kappa shape index (κ2) is 5.94. The Morgan fingerprint density at radius 3 is 2.58 bits per heavy atom. The Morgan fingerprint density at radius 2 is 1.74 bits per heavy atom. The molecule has 0 N–H and O–H groups in total. The van der Waals surface area contributed by atoms with Crippen molar-refractivity contribution in [3.05, 3.63) is 65.5 Å². The minimum atomic E-state index is 0.665. The van der Waals surface area contributed by atoms with Crippen LogP contribution in [-0.4, -0.2) is 9.38 Å². The molecule has 0 amide bonds. The highest BCUT2D eigenvalue weighted by molar-refractivity contribution is 6.25. The van der Waals surface area contributed by atoms with Crippen LogP contribution in [0.3, 0.4) is 0 Å². The van der Waals surface area contributed by atoms with E-state index in [9.17, 15) is 0 Å². The Morgan fingerprint density at radius 1 is 0.935 bits per heavy atom. The standard InChI is InChI=1S/C28H26N3/c1-16-12-21-20-10-6-7-11-23(20)31-24-14-19(18-8-4-5-9-18)13-22-26(24)28(30(3)15-29-22)25(17(16)2)27(21)31/h6-7,10-15,18H,4-5,8-9H2,1-3H3/q+1. The van der Waals surface area contributed by atoms with Crippen molar-refractivity contribution in [2.45, 2.75) is 45.4 Å². The van der Waals surface area contributed by atoms with Gasteiger partial charge in [0.1, 0.15) is 5.52 Å². The van der Waals surface area contributed by atoms with Gasteiger partial charge in [0, 0.05) is 10.8 Å². The second-order valence-corrected chi connectivity index (χ2v) is 9.56. The molecule has 3 aromatic carbocycles. The van der Waals surface area contributed by atoms with Crippen LogP contribution < -0.4 is 4.57 Å². The summed E-state index contributed by atoms with van der Waals surface area (Å²) in [6, 6.07) is 16.1. The van der Waals surface area contributed by atoms with Crippen molar-refractivity contribution >= 4 is 49.1 Å². The zero-order valence-electron chi connectivity index (χ0n) is 18.4. The maximum absolute atomic E-state index is 4.92. The smallest absolute Gasteiger partial charge is 0.287 e. The number of benzene rings is 3. The topological polar surface area (TPSA) is 21.2 Å². The molecule has 3 nitrogen and oxygen atoms in total. The number of hydrogen-bond donors (Lipinski definition) is 0. The molecule has 3 heterocycles. The number of fused-ring (bicyclic) bond motifs is 5.